The number of hydrogen-bond acceptors (Lipinski definition) is 3. The van der Waals surface area contributed by atoms with Crippen LogP contribution in [0.4, 0.5) is 0 Å². The number of thiophene rings is 1. The Bertz CT molecular complexity index is 302. The summed E-state index contributed by atoms with van der Waals surface area (Å²) >= 11 is 1.80. The van der Waals surface area contributed by atoms with Gasteiger partial charge < -0.3 is 5.73 Å². The van der Waals surface area contributed by atoms with Crippen LogP contribution in [-0.4, -0.2) is 24.0 Å². The van der Waals surface area contributed by atoms with Crippen LogP contribution in [0.1, 0.15) is 38.2 Å². The molecule has 0 aromatic carbocycles. The standard InChI is InChI=1S/C14H24N2S/c1-2-12(9-15)5-7-16(14-3-4-14)10-13-6-8-17-11-13/h6,8,11-12,14H,2-5,7,9-10,15H2,1H3. The second kappa shape index (κ2) is 6.53. The lowest BCUT2D eigenvalue weighted by Gasteiger charge is -2.23. The molecular formula is C14H24N2S. The van der Waals surface area contributed by atoms with E-state index < -0.39 is 0 Å². The molecule has 0 amide bonds. The maximum atomic E-state index is 5.78. The highest BCUT2D eigenvalue weighted by Crippen LogP contribution is 2.29. The molecule has 1 aliphatic carbocycles. The van der Waals surface area contributed by atoms with Crippen LogP contribution in [0.3, 0.4) is 0 Å². The van der Waals surface area contributed by atoms with E-state index in [2.05, 4.69) is 28.7 Å². The summed E-state index contributed by atoms with van der Waals surface area (Å²) in [5.74, 6) is 0.707. The topological polar surface area (TPSA) is 29.3 Å². The van der Waals surface area contributed by atoms with Gasteiger partial charge in [0.25, 0.3) is 0 Å². The number of nitrogens with zero attached hydrogens (tertiary/aromatic N) is 1. The minimum Gasteiger partial charge on any atom is -0.330 e. The summed E-state index contributed by atoms with van der Waals surface area (Å²) in [6.45, 7) is 5.44. The van der Waals surface area contributed by atoms with E-state index in [9.17, 15) is 0 Å². The molecule has 1 atom stereocenters. The number of nitrogens with two attached hydrogens (primary N) is 1. The quantitative estimate of drug-likeness (QED) is 0.770. The maximum Gasteiger partial charge on any atom is 0.0244 e. The molecule has 0 saturated heterocycles. The Kier molecular flexibility index (Phi) is 5.01. The van der Waals surface area contributed by atoms with Gasteiger partial charge in [-0.2, -0.15) is 11.3 Å². The third-order valence-electron chi connectivity index (χ3n) is 3.76. The highest BCUT2D eigenvalue weighted by molar-refractivity contribution is 7.07. The average Bonchev–Trinajstić information content (AvgIpc) is 3.07. The van der Waals surface area contributed by atoms with Gasteiger partial charge in [0, 0.05) is 12.6 Å². The molecule has 0 radical (unpaired) electrons. The van der Waals surface area contributed by atoms with E-state index in [0.29, 0.717) is 5.92 Å². The van der Waals surface area contributed by atoms with Crippen LogP contribution in [0.25, 0.3) is 0 Å². The zero-order chi connectivity index (χ0) is 12.1. The SMILES string of the molecule is CCC(CN)CCN(Cc1ccsc1)C1CC1. The fourth-order valence-corrected chi connectivity index (χ4v) is 2.94. The third-order valence-corrected chi connectivity index (χ3v) is 4.50. The number of rotatable bonds is 8. The van der Waals surface area contributed by atoms with Crippen molar-refractivity contribution in [2.45, 2.75) is 45.2 Å². The summed E-state index contributed by atoms with van der Waals surface area (Å²) in [7, 11) is 0. The first-order valence-electron chi connectivity index (χ1n) is 6.78. The van der Waals surface area contributed by atoms with Crippen LogP contribution >= 0.6 is 11.3 Å². The van der Waals surface area contributed by atoms with Crippen molar-refractivity contribution in [3.05, 3.63) is 22.4 Å². The lowest BCUT2D eigenvalue weighted by atomic mass is 10.0. The van der Waals surface area contributed by atoms with Crippen molar-refractivity contribution in [3.63, 3.8) is 0 Å². The molecule has 1 saturated carbocycles. The second-order valence-electron chi connectivity index (χ2n) is 5.13. The lowest BCUT2D eigenvalue weighted by Crippen LogP contribution is -2.29. The number of hydrogen-bond donors (Lipinski definition) is 1. The van der Waals surface area contributed by atoms with E-state index in [1.807, 2.05) is 0 Å². The van der Waals surface area contributed by atoms with Crippen molar-refractivity contribution in [1.29, 1.82) is 0 Å². The molecule has 0 spiro atoms. The predicted octanol–water partition coefficient (Wildman–Crippen LogP) is 3.09. The Morgan fingerprint density at radius 2 is 2.35 bits per heavy atom. The van der Waals surface area contributed by atoms with Crippen LogP contribution in [0.15, 0.2) is 16.8 Å². The molecule has 1 heterocycles. The van der Waals surface area contributed by atoms with Gasteiger partial charge in [-0.05, 0) is 60.7 Å². The molecule has 0 bridgehead atoms. The van der Waals surface area contributed by atoms with Gasteiger partial charge in [-0.3, -0.25) is 4.90 Å². The molecule has 0 aliphatic heterocycles. The zero-order valence-corrected chi connectivity index (χ0v) is 11.6. The summed E-state index contributed by atoms with van der Waals surface area (Å²) in [5.41, 5.74) is 7.26. The van der Waals surface area contributed by atoms with Gasteiger partial charge in [0.15, 0.2) is 0 Å². The minimum atomic E-state index is 0.707. The normalized spacial score (nSPS) is 17.6. The summed E-state index contributed by atoms with van der Waals surface area (Å²) in [4.78, 5) is 2.65. The molecule has 2 N–H and O–H groups in total. The zero-order valence-electron chi connectivity index (χ0n) is 10.8. The molecule has 96 valence electrons. The van der Waals surface area contributed by atoms with Gasteiger partial charge in [-0.25, -0.2) is 0 Å². The van der Waals surface area contributed by atoms with Crippen LogP contribution in [0.2, 0.25) is 0 Å². The van der Waals surface area contributed by atoms with Crippen LogP contribution in [-0.2, 0) is 6.54 Å². The molecule has 3 heteroatoms. The Labute approximate surface area is 109 Å². The first-order valence-corrected chi connectivity index (χ1v) is 7.73. The molecular weight excluding hydrogens is 228 g/mol. The van der Waals surface area contributed by atoms with E-state index in [-0.39, 0.29) is 0 Å². The van der Waals surface area contributed by atoms with Gasteiger partial charge in [0.1, 0.15) is 0 Å². The van der Waals surface area contributed by atoms with E-state index >= 15 is 0 Å². The first-order chi connectivity index (χ1) is 8.33. The Balaban J connectivity index is 1.81. The molecule has 1 unspecified atom stereocenters. The van der Waals surface area contributed by atoms with Gasteiger partial charge in [0.2, 0.25) is 0 Å². The fourth-order valence-electron chi connectivity index (χ4n) is 2.28. The van der Waals surface area contributed by atoms with Crippen molar-refractivity contribution in [3.8, 4) is 0 Å². The predicted molar refractivity (Wildman–Crippen MR) is 75.2 cm³/mol. The van der Waals surface area contributed by atoms with Gasteiger partial charge >= 0.3 is 0 Å². The van der Waals surface area contributed by atoms with E-state index in [1.165, 1.54) is 37.8 Å². The van der Waals surface area contributed by atoms with E-state index in [4.69, 9.17) is 5.73 Å². The highest BCUT2D eigenvalue weighted by Gasteiger charge is 2.28. The van der Waals surface area contributed by atoms with Gasteiger partial charge in [0.05, 0.1) is 0 Å². The summed E-state index contributed by atoms with van der Waals surface area (Å²) in [6, 6.07) is 3.10. The first kappa shape index (κ1) is 13.1. The highest BCUT2D eigenvalue weighted by atomic mass is 32.1. The van der Waals surface area contributed by atoms with Crippen molar-refractivity contribution in [1.82, 2.24) is 4.90 Å². The molecule has 1 aromatic heterocycles. The Hall–Kier alpha value is -0.380. The van der Waals surface area contributed by atoms with Crippen molar-refractivity contribution in [2.24, 2.45) is 11.7 Å². The van der Waals surface area contributed by atoms with Crippen LogP contribution in [0, 0.1) is 5.92 Å². The van der Waals surface area contributed by atoms with Crippen LogP contribution in [0.5, 0.6) is 0 Å². The summed E-state index contributed by atoms with van der Waals surface area (Å²) < 4.78 is 0. The summed E-state index contributed by atoms with van der Waals surface area (Å²) in [5, 5.41) is 4.45. The Morgan fingerprint density at radius 3 is 2.88 bits per heavy atom. The van der Waals surface area contributed by atoms with Gasteiger partial charge in [-0.15, -0.1) is 0 Å². The molecule has 1 fully saturated rings. The monoisotopic (exact) mass is 252 g/mol. The third kappa shape index (κ3) is 4.09. The Morgan fingerprint density at radius 1 is 1.53 bits per heavy atom. The molecule has 2 nitrogen and oxygen atoms in total. The minimum absolute atomic E-state index is 0.707. The maximum absolute atomic E-state index is 5.78. The second-order valence-corrected chi connectivity index (χ2v) is 5.91. The van der Waals surface area contributed by atoms with Crippen molar-refractivity contribution >= 4 is 11.3 Å². The van der Waals surface area contributed by atoms with E-state index in [0.717, 1.165) is 19.1 Å². The largest absolute Gasteiger partial charge is 0.330 e. The summed E-state index contributed by atoms with van der Waals surface area (Å²) in [6.07, 6.45) is 5.26. The van der Waals surface area contributed by atoms with Crippen molar-refractivity contribution < 1.29 is 0 Å². The van der Waals surface area contributed by atoms with Crippen LogP contribution < -0.4 is 5.73 Å². The smallest absolute Gasteiger partial charge is 0.0244 e. The molecule has 17 heavy (non-hydrogen) atoms. The molecule has 1 aliphatic rings. The lowest BCUT2D eigenvalue weighted by molar-refractivity contribution is 0.233. The average molecular weight is 252 g/mol. The fraction of sp³-hybridized carbons (Fsp3) is 0.714. The van der Waals surface area contributed by atoms with E-state index in [1.54, 1.807) is 11.3 Å². The van der Waals surface area contributed by atoms with Gasteiger partial charge in [-0.1, -0.05) is 13.3 Å². The van der Waals surface area contributed by atoms with Crippen molar-refractivity contribution in [2.75, 3.05) is 13.1 Å². The molecule has 2 rings (SSSR count). The molecule has 1 aromatic rings.